The van der Waals surface area contributed by atoms with Crippen LogP contribution in [0.3, 0.4) is 0 Å². The average Bonchev–Trinajstić information content (AvgIpc) is 2.84. The Kier molecular flexibility index (Phi) is 3.67. The molecule has 0 aliphatic carbocycles. The van der Waals surface area contributed by atoms with Crippen molar-refractivity contribution in [3.8, 4) is 0 Å². The van der Waals surface area contributed by atoms with Gasteiger partial charge in [-0.15, -0.1) is 0 Å². The zero-order valence-corrected chi connectivity index (χ0v) is 12.7. The number of rotatable bonds is 2. The molecule has 1 atom stereocenters. The maximum Gasteiger partial charge on any atom is 0.258 e. The summed E-state index contributed by atoms with van der Waals surface area (Å²) >= 11 is 0. The molecule has 22 heavy (non-hydrogen) atoms. The molecular weight excluding hydrogens is 276 g/mol. The highest BCUT2D eigenvalue weighted by atomic mass is 16.2. The number of hydrogen-bond donors (Lipinski definition) is 1. The molecule has 4 heteroatoms. The Morgan fingerprint density at radius 2 is 1.91 bits per heavy atom. The van der Waals surface area contributed by atoms with Gasteiger partial charge in [-0.05, 0) is 29.8 Å². The molecule has 1 aliphatic heterocycles. The van der Waals surface area contributed by atoms with Crippen molar-refractivity contribution < 1.29 is 9.59 Å². The first-order chi connectivity index (χ1) is 10.6. The molecule has 4 nitrogen and oxygen atoms in total. The number of nitrogens with one attached hydrogen (secondary N) is 1. The summed E-state index contributed by atoms with van der Waals surface area (Å²) in [6.45, 7) is 4.26. The van der Waals surface area contributed by atoms with E-state index in [0.717, 1.165) is 5.69 Å². The molecule has 0 saturated heterocycles. The zero-order chi connectivity index (χ0) is 15.7. The van der Waals surface area contributed by atoms with Gasteiger partial charge in [-0.3, -0.25) is 9.59 Å². The van der Waals surface area contributed by atoms with Gasteiger partial charge in [0.15, 0.2) is 0 Å². The first kappa shape index (κ1) is 14.3. The standard InChI is InChI=1S/C18H18N2O2/c1-12-11-20(17-9-4-3-8-16(12)17)18(22)14-6-5-7-15(10-14)19-13(2)21/h3-10,12H,11H2,1-2H3,(H,19,21). The highest BCUT2D eigenvalue weighted by Crippen LogP contribution is 2.36. The SMILES string of the molecule is CC(=O)Nc1cccc(C(=O)N2CC(C)c3ccccc32)c1. The summed E-state index contributed by atoms with van der Waals surface area (Å²) in [5.41, 5.74) is 3.40. The van der Waals surface area contributed by atoms with E-state index in [-0.39, 0.29) is 11.8 Å². The van der Waals surface area contributed by atoms with Crippen molar-refractivity contribution in [3.63, 3.8) is 0 Å². The molecule has 3 rings (SSSR count). The molecule has 2 aromatic rings. The topological polar surface area (TPSA) is 49.4 Å². The second kappa shape index (κ2) is 5.64. The molecule has 1 aliphatic rings. The van der Waals surface area contributed by atoms with E-state index < -0.39 is 0 Å². The third-order valence-corrected chi connectivity index (χ3v) is 3.89. The lowest BCUT2D eigenvalue weighted by Crippen LogP contribution is -2.29. The van der Waals surface area contributed by atoms with Crippen LogP contribution in [0.25, 0.3) is 0 Å². The summed E-state index contributed by atoms with van der Waals surface area (Å²) in [5, 5.41) is 2.71. The van der Waals surface area contributed by atoms with Crippen LogP contribution in [0.5, 0.6) is 0 Å². The Balaban J connectivity index is 1.91. The van der Waals surface area contributed by atoms with Gasteiger partial charge in [0.05, 0.1) is 0 Å². The lowest BCUT2D eigenvalue weighted by atomic mass is 10.0. The van der Waals surface area contributed by atoms with Crippen LogP contribution < -0.4 is 10.2 Å². The second-order valence-corrected chi connectivity index (χ2v) is 5.64. The van der Waals surface area contributed by atoms with E-state index in [4.69, 9.17) is 0 Å². The molecule has 2 aromatic carbocycles. The number of amides is 2. The van der Waals surface area contributed by atoms with Crippen LogP contribution in [-0.4, -0.2) is 18.4 Å². The average molecular weight is 294 g/mol. The summed E-state index contributed by atoms with van der Waals surface area (Å²) in [4.78, 5) is 25.8. The highest BCUT2D eigenvalue weighted by Gasteiger charge is 2.29. The molecule has 112 valence electrons. The van der Waals surface area contributed by atoms with Crippen molar-refractivity contribution in [3.05, 3.63) is 59.7 Å². The number of fused-ring (bicyclic) bond motifs is 1. The maximum absolute atomic E-state index is 12.8. The fourth-order valence-corrected chi connectivity index (χ4v) is 2.90. The van der Waals surface area contributed by atoms with E-state index in [9.17, 15) is 9.59 Å². The molecular formula is C18H18N2O2. The van der Waals surface area contributed by atoms with Gasteiger partial charge in [0, 0.05) is 36.3 Å². The first-order valence-electron chi connectivity index (χ1n) is 7.34. The summed E-state index contributed by atoms with van der Waals surface area (Å²) in [5.74, 6) is 0.146. The quantitative estimate of drug-likeness (QED) is 0.922. The largest absolute Gasteiger partial charge is 0.326 e. The Morgan fingerprint density at radius 3 is 2.68 bits per heavy atom. The third kappa shape index (κ3) is 2.60. The predicted molar refractivity (Wildman–Crippen MR) is 87.3 cm³/mol. The van der Waals surface area contributed by atoms with E-state index in [1.165, 1.54) is 12.5 Å². The molecule has 1 N–H and O–H groups in total. The van der Waals surface area contributed by atoms with Crippen molar-refractivity contribution in [1.82, 2.24) is 0 Å². The molecule has 0 radical (unpaired) electrons. The van der Waals surface area contributed by atoms with Crippen molar-refractivity contribution in [2.24, 2.45) is 0 Å². The zero-order valence-electron chi connectivity index (χ0n) is 12.7. The van der Waals surface area contributed by atoms with Gasteiger partial charge in [0.25, 0.3) is 5.91 Å². The highest BCUT2D eigenvalue weighted by molar-refractivity contribution is 6.08. The van der Waals surface area contributed by atoms with Crippen LogP contribution in [0.15, 0.2) is 48.5 Å². The maximum atomic E-state index is 12.8. The van der Waals surface area contributed by atoms with Crippen LogP contribution in [0, 0.1) is 0 Å². The minimum Gasteiger partial charge on any atom is -0.326 e. The van der Waals surface area contributed by atoms with Crippen molar-refractivity contribution in [2.45, 2.75) is 19.8 Å². The van der Waals surface area contributed by atoms with E-state index in [1.807, 2.05) is 23.1 Å². The molecule has 1 heterocycles. The summed E-state index contributed by atoms with van der Waals surface area (Å²) in [6, 6.07) is 15.1. The minimum atomic E-state index is -0.148. The van der Waals surface area contributed by atoms with Gasteiger partial charge in [0.2, 0.25) is 5.91 Å². The number of nitrogens with zero attached hydrogens (tertiary/aromatic N) is 1. The number of carbonyl (C=O) groups excluding carboxylic acids is 2. The Labute approximate surface area is 129 Å². The van der Waals surface area contributed by atoms with Crippen molar-refractivity contribution >= 4 is 23.2 Å². The number of anilines is 2. The van der Waals surface area contributed by atoms with Gasteiger partial charge >= 0.3 is 0 Å². The number of benzene rings is 2. The van der Waals surface area contributed by atoms with Gasteiger partial charge in [-0.25, -0.2) is 0 Å². The third-order valence-electron chi connectivity index (χ3n) is 3.89. The molecule has 0 bridgehead atoms. The fraction of sp³-hybridized carbons (Fsp3) is 0.222. The summed E-state index contributed by atoms with van der Waals surface area (Å²) in [6.07, 6.45) is 0. The summed E-state index contributed by atoms with van der Waals surface area (Å²) in [7, 11) is 0. The Bertz CT molecular complexity index is 739. The first-order valence-corrected chi connectivity index (χ1v) is 7.34. The van der Waals surface area contributed by atoms with E-state index >= 15 is 0 Å². The predicted octanol–water partition coefficient (Wildman–Crippen LogP) is 3.41. The van der Waals surface area contributed by atoms with Gasteiger partial charge in [-0.1, -0.05) is 31.2 Å². The summed E-state index contributed by atoms with van der Waals surface area (Å²) < 4.78 is 0. The van der Waals surface area contributed by atoms with Crippen LogP contribution >= 0.6 is 0 Å². The molecule has 0 spiro atoms. The van der Waals surface area contributed by atoms with E-state index in [0.29, 0.717) is 23.7 Å². The molecule has 0 fully saturated rings. The van der Waals surface area contributed by atoms with E-state index in [2.05, 4.69) is 18.3 Å². The number of hydrogen-bond acceptors (Lipinski definition) is 2. The Hall–Kier alpha value is -2.62. The van der Waals surface area contributed by atoms with E-state index in [1.54, 1.807) is 24.3 Å². The molecule has 1 unspecified atom stereocenters. The lowest BCUT2D eigenvalue weighted by molar-refractivity contribution is -0.114. The van der Waals surface area contributed by atoms with Crippen LogP contribution in [-0.2, 0) is 4.79 Å². The Morgan fingerprint density at radius 1 is 1.14 bits per heavy atom. The molecule has 0 saturated carbocycles. The second-order valence-electron chi connectivity index (χ2n) is 5.64. The lowest BCUT2D eigenvalue weighted by Gasteiger charge is -2.18. The minimum absolute atomic E-state index is 0.0380. The molecule has 0 aromatic heterocycles. The van der Waals surface area contributed by atoms with Gasteiger partial charge in [0.1, 0.15) is 0 Å². The van der Waals surface area contributed by atoms with Gasteiger partial charge < -0.3 is 10.2 Å². The smallest absolute Gasteiger partial charge is 0.258 e. The van der Waals surface area contributed by atoms with Gasteiger partial charge in [-0.2, -0.15) is 0 Å². The molecule has 2 amide bonds. The number of para-hydroxylation sites is 1. The normalized spacial score (nSPS) is 16.3. The van der Waals surface area contributed by atoms with Crippen molar-refractivity contribution in [2.75, 3.05) is 16.8 Å². The van der Waals surface area contributed by atoms with Crippen LogP contribution in [0.4, 0.5) is 11.4 Å². The number of carbonyl (C=O) groups is 2. The fourth-order valence-electron chi connectivity index (χ4n) is 2.90. The van der Waals surface area contributed by atoms with Crippen LogP contribution in [0.1, 0.15) is 35.7 Å². The van der Waals surface area contributed by atoms with Crippen LogP contribution in [0.2, 0.25) is 0 Å². The van der Waals surface area contributed by atoms with Crippen molar-refractivity contribution in [1.29, 1.82) is 0 Å². The monoisotopic (exact) mass is 294 g/mol.